The van der Waals surface area contributed by atoms with Crippen molar-refractivity contribution in [3.63, 3.8) is 0 Å². The first-order chi connectivity index (χ1) is 18.8. The minimum atomic E-state index is 0.838. The van der Waals surface area contributed by atoms with E-state index in [1.165, 1.54) is 53.2 Å². The molecule has 0 spiro atoms. The summed E-state index contributed by atoms with van der Waals surface area (Å²) in [5.74, 6) is 0.989. The molecular weight excluding hydrogens is 482 g/mol. The van der Waals surface area contributed by atoms with E-state index in [9.17, 15) is 0 Å². The first kappa shape index (κ1) is 21.5. The van der Waals surface area contributed by atoms with Crippen LogP contribution in [0.25, 0.3) is 69.7 Å². The topological polar surface area (TPSA) is 30.2 Å². The Balaban J connectivity index is 1.28. The average molecular weight is 506 g/mol. The molecule has 0 atom stereocenters. The maximum atomic E-state index is 4.54. The summed E-state index contributed by atoms with van der Waals surface area (Å²) in [4.78, 5) is 0. The molecule has 0 radical (unpaired) electrons. The number of hydrogen-bond acceptors (Lipinski definition) is 3. The number of nitrogens with zero attached hydrogens (tertiary/aromatic N) is 3. The molecule has 0 saturated carbocycles. The van der Waals surface area contributed by atoms with E-state index in [-0.39, 0.29) is 0 Å². The number of rotatable bonds is 3. The van der Waals surface area contributed by atoms with E-state index in [4.69, 9.17) is 0 Å². The van der Waals surface area contributed by atoms with Crippen LogP contribution in [0.5, 0.6) is 0 Å². The van der Waals surface area contributed by atoms with Crippen LogP contribution in [0, 0.1) is 0 Å². The van der Waals surface area contributed by atoms with Crippen molar-refractivity contribution < 1.29 is 0 Å². The first-order valence-corrected chi connectivity index (χ1v) is 13.8. The Labute approximate surface area is 223 Å². The molecule has 4 heteroatoms. The van der Waals surface area contributed by atoms with Crippen molar-refractivity contribution in [2.45, 2.75) is 13.3 Å². The second-order valence-electron chi connectivity index (χ2n) is 9.76. The Morgan fingerprint density at radius 1 is 0.605 bits per heavy atom. The fourth-order valence-corrected chi connectivity index (χ4v) is 7.07. The molecule has 0 saturated heterocycles. The monoisotopic (exact) mass is 505 g/mol. The average Bonchev–Trinajstić information content (AvgIpc) is 3.59. The number of fused-ring (bicyclic) bond motifs is 9. The third kappa shape index (κ3) is 3.07. The standard InChI is InChI=1S/C34H23N3S/c1-2-32-35-36-34-28-10-4-3-8-25(28)29-20-23(18-19-30(29)37(32)34)21-14-16-22(17-15-21)24-11-7-12-27-26-9-5-6-13-31(26)38-33(24)27/h3-20H,2H2,1H3. The summed E-state index contributed by atoms with van der Waals surface area (Å²) in [7, 11) is 0. The van der Waals surface area contributed by atoms with Crippen molar-refractivity contribution in [3.05, 3.63) is 115 Å². The van der Waals surface area contributed by atoms with E-state index >= 15 is 0 Å². The SMILES string of the molecule is CCc1nnc2c3ccccc3c3cc(-c4ccc(-c5cccc6c5sc5ccccc56)cc4)ccc3n12. The fraction of sp³-hybridized carbons (Fsp3) is 0.0588. The zero-order chi connectivity index (χ0) is 25.2. The van der Waals surface area contributed by atoms with Crippen LogP contribution < -0.4 is 0 Å². The molecule has 0 fully saturated rings. The largest absolute Gasteiger partial charge is 0.278 e. The highest BCUT2D eigenvalue weighted by Gasteiger charge is 2.15. The summed E-state index contributed by atoms with van der Waals surface area (Å²) in [5, 5.41) is 15.3. The van der Waals surface area contributed by atoms with Crippen molar-refractivity contribution in [1.82, 2.24) is 14.6 Å². The summed E-state index contributed by atoms with van der Waals surface area (Å²) in [6, 6.07) is 39.6. The van der Waals surface area contributed by atoms with E-state index in [0.29, 0.717) is 0 Å². The summed E-state index contributed by atoms with van der Waals surface area (Å²) in [5.41, 5.74) is 7.04. The summed E-state index contributed by atoms with van der Waals surface area (Å²) in [6.45, 7) is 2.13. The minimum absolute atomic E-state index is 0.838. The Morgan fingerprint density at radius 3 is 2.16 bits per heavy atom. The van der Waals surface area contributed by atoms with Gasteiger partial charge < -0.3 is 0 Å². The van der Waals surface area contributed by atoms with Gasteiger partial charge in [0.15, 0.2) is 5.65 Å². The molecule has 5 aromatic carbocycles. The normalized spacial score (nSPS) is 11.9. The highest BCUT2D eigenvalue weighted by Crippen LogP contribution is 2.40. The summed E-state index contributed by atoms with van der Waals surface area (Å²) in [6.07, 6.45) is 0.838. The van der Waals surface area contributed by atoms with Crippen LogP contribution >= 0.6 is 11.3 Å². The zero-order valence-electron chi connectivity index (χ0n) is 20.8. The molecule has 0 aliphatic heterocycles. The fourth-order valence-electron chi connectivity index (χ4n) is 5.83. The van der Waals surface area contributed by atoms with Crippen LogP contribution in [0.3, 0.4) is 0 Å². The van der Waals surface area contributed by atoms with Gasteiger partial charge in [0.2, 0.25) is 0 Å². The molecule has 3 heterocycles. The Kier molecular flexibility index (Phi) is 4.67. The predicted octanol–water partition coefficient (Wildman–Crippen LogP) is 9.30. The molecule has 180 valence electrons. The molecule has 0 aliphatic rings. The van der Waals surface area contributed by atoms with Crippen molar-refractivity contribution in [3.8, 4) is 22.3 Å². The van der Waals surface area contributed by atoms with Crippen molar-refractivity contribution >= 4 is 58.8 Å². The van der Waals surface area contributed by atoms with Crippen LogP contribution in [-0.4, -0.2) is 14.6 Å². The van der Waals surface area contributed by atoms with Gasteiger partial charge in [-0.05, 0) is 45.8 Å². The maximum absolute atomic E-state index is 4.54. The number of pyridine rings is 1. The van der Waals surface area contributed by atoms with Crippen LogP contribution in [-0.2, 0) is 6.42 Å². The second kappa shape index (κ2) is 8.23. The molecule has 0 amide bonds. The van der Waals surface area contributed by atoms with E-state index in [2.05, 4.69) is 131 Å². The molecular formula is C34H23N3S. The van der Waals surface area contributed by atoms with Gasteiger partial charge in [0, 0.05) is 37.4 Å². The smallest absolute Gasteiger partial charge is 0.169 e. The molecule has 3 aromatic heterocycles. The van der Waals surface area contributed by atoms with Crippen LogP contribution in [0.4, 0.5) is 0 Å². The molecule has 38 heavy (non-hydrogen) atoms. The molecule has 8 aromatic rings. The van der Waals surface area contributed by atoms with Gasteiger partial charge in [0.25, 0.3) is 0 Å². The number of hydrogen-bond donors (Lipinski definition) is 0. The van der Waals surface area contributed by atoms with Crippen molar-refractivity contribution in [1.29, 1.82) is 0 Å². The number of benzene rings is 5. The second-order valence-corrected chi connectivity index (χ2v) is 10.8. The number of aromatic nitrogens is 3. The van der Waals surface area contributed by atoms with E-state index < -0.39 is 0 Å². The van der Waals surface area contributed by atoms with Crippen LogP contribution in [0.1, 0.15) is 12.7 Å². The number of aryl methyl sites for hydroxylation is 1. The van der Waals surface area contributed by atoms with Gasteiger partial charge in [-0.1, -0.05) is 97.9 Å². The van der Waals surface area contributed by atoms with Crippen LogP contribution in [0.2, 0.25) is 0 Å². The lowest BCUT2D eigenvalue weighted by Crippen LogP contribution is -1.96. The molecule has 0 unspecified atom stereocenters. The lowest BCUT2D eigenvalue weighted by atomic mass is 9.97. The quantitative estimate of drug-likeness (QED) is 0.224. The molecule has 0 aliphatic carbocycles. The third-order valence-corrected chi connectivity index (χ3v) is 8.90. The molecule has 0 bridgehead atoms. The maximum Gasteiger partial charge on any atom is 0.169 e. The first-order valence-electron chi connectivity index (χ1n) is 13.0. The van der Waals surface area contributed by atoms with Crippen molar-refractivity contribution in [2.24, 2.45) is 0 Å². The Bertz CT molecular complexity index is 2170. The lowest BCUT2D eigenvalue weighted by Gasteiger charge is -2.11. The van der Waals surface area contributed by atoms with Gasteiger partial charge in [-0.25, -0.2) is 0 Å². The Morgan fingerprint density at radius 2 is 1.32 bits per heavy atom. The number of thiophene rings is 1. The van der Waals surface area contributed by atoms with Gasteiger partial charge in [0.05, 0.1) is 5.52 Å². The Hall–Kier alpha value is -4.54. The summed E-state index contributed by atoms with van der Waals surface area (Å²) < 4.78 is 4.91. The van der Waals surface area contributed by atoms with E-state index in [1.54, 1.807) is 0 Å². The van der Waals surface area contributed by atoms with Gasteiger partial charge in [0.1, 0.15) is 5.82 Å². The van der Waals surface area contributed by atoms with Gasteiger partial charge in [-0.2, -0.15) is 0 Å². The van der Waals surface area contributed by atoms with Gasteiger partial charge in [-0.3, -0.25) is 4.40 Å². The zero-order valence-corrected chi connectivity index (χ0v) is 21.7. The third-order valence-electron chi connectivity index (χ3n) is 7.68. The van der Waals surface area contributed by atoms with Crippen LogP contribution in [0.15, 0.2) is 109 Å². The minimum Gasteiger partial charge on any atom is -0.278 e. The molecule has 0 N–H and O–H groups in total. The lowest BCUT2D eigenvalue weighted by molar-refractivity contribution is 0.922. The molecule has 8 rings (SSSR count). The highest BCUT2D eigenvalue weighted by atomic mass is 32.1. The highest BCUT2D eigenvalue weighted by molar-refractivity contribution is 7.26. The van der Waals surface area contributed by atoms with Gasteiger partial charge >= 0.3 is 0 Å². The van der Waals surface area contributed by atoms with E-state index in [1.807, 2.05) is 11.3 Å². The van der Waals surface area contributed by atoms with E-state index in [0.717, 1.165) is 28.8 Å². The predicted molar refractivity (Wildman–Crippen MR) is 161 cm³/mol. The van der Waals surface area contributed by atoms with Crippen molar-refractivity contribution in [2.75, 3.05) is 0 Å². The molecule has 3 nitrogen and oxygen atoms in total. The van der Waals surface area contributed by atoms with Gasteiger partial charge in [-0.15, -0.1) is 21.5 Å². The summed E-state index contributed by atoms with van der Waals surface area (Å²) >= 11 is 1.88.